The number of aliphatic imine (C=N–C) groups is 1. The highest BCUT2D eigenvalue weighted by molar-refractivity contribution is 5.74. The molecular weight excluding hydrogens is 262 g/mol. The zero-order valence-corrected chi connectivity index (χ0v) is 12.5. The molecular formula is C17H21N3O. The third kappa shape index (κ3) is 4.60. The molecule has 2 rings (SSSR count). The van der Waals surface area contributed by atoms with Gasteiger partial charge in [0.25, 0.3) is 6.02 Å². The Hall–Kier alpha value is -2.36. The maximum atomic E-state index is 5.30. The van der Waals surface area contributed by atoms with Gasteiger partial charge in [-0.3, -0.25) is 4.98 Å². The molecule has 1 aromatic heterocycles. The SMILES string of the molecule is CCN=C(NC(Cc1cccnc1)c1ccccc1)OC. The van der Waals surface area contributed by atoms with Crippen molar-refractivity contribution in [2.24, 2.45) is 4.99 Å². The summed E-state index contributed by atoms with van der Waals surface area (Å²) in [6.07, 6.45) is 4.50. The lowest BCUT2D eigenvalue weighted by molar-refractivity contribution is 0.367. The van der Waals surface area contributed by atoms with Crippen molar-refractivity contribution in [3.63, 3.8) is 0 Å². The van der Waals surface area contributed by atoms with Crippen LogP contribution in [0.5, 0.6) is 0 Å². The molecule has 1 N–H and O–H groups in total. The quantitative estimate of drug-likeness (QED) is 0.678. The fourth-order valence-electron chi connectivity index (χ4n) is 2.15. The predicted molar refractivity (Wildman–Crippen MR) is 85.2 cm³/mol. The Labute approximate surface area is 125 Å². The van der Waals surface area contributed by atoms with Gasteiger partial charge < -0.3 is 10.1 Å². The van der Waals surface area contributed by atoms with Crippen LogP contribution in [0.25, 0.3) is 0 Å². The number of hydrogen-bond donors (Lipinski definition) is 1. The molecule has 4 heteroatoms. The zero-order chi connectivity index (χ0) is 14.9. The van der Waals surface area contributed by atoms with E-state index in [2.05, 4.69) is 33.5 Å². The van der Waals surface area contributed by atoms with Crippen LogP contribution < -0.4 is 5.32 Å². The van der Waals surface area contributed by atoms with Gasteiger partial charge in [0.1, 0.15) is 0 Å². The number of benzene rings is 1. The molecule has 2 aromatic rings. The van der Waals surface area contributed by atoms with E-state index in [1.165, 1.54) is 11.1 Å². The monoisotopic (exact) mass is 283 g/mol. The maximum absolute atomic E-state index is 5.30. The number of rotatable bonds is 5. The molecule has 1 atom stereocenters. The van der Waals surface area contributed by atoms with Gasteiger partial charge in [0.15, 0.2) is 0 Å². The van der Waals surface area contributed by atoms with E-state index in [0.717, 1.165) is 6.42 Å². The van der Waals surface area contributed by atoms with Gasteiger partial charge in [0.2, 0.25) is 0 Å². The minimum absolute atomic E-state index is 0.0978. The summed E-state index contributed by atoms with van der Waals surface area (Å²) in [7, 11) is 1.63. The van der Waals surface area contributed by atoms with Crippen molar-refractivity contribution in [3.8, 4) is 0 Å². The molecule has 0 saturated carbocycles. The first-order chi connectivity index (χ1) is 10.3. The smallest absolute Gasteiger partial charge is 0.284 e. The number of nitrogens with zero attached hydrogens (tertiary/aromatic N) is 2. The van der Waals surface area contributed by atoms with Crippen LogP contribution in [-0.4, -0.2) is 24.7 Å². The summed E-state index contributed by atoms with van der Waals surface area (Å²) in [6.45, 7) is 2.67. The normalized spacial score (nSPS) is 12.8. The second-order valence-electron chi connectivity index (χ2n) is 4.66. The summed E-state index contributed by atoms with van der Waals surface area (Å²) in [5, 5.41) is 3.37. The minimum atomic E-state index is 0.0978. The van der Waals surface area contributed by atoms with Gasteiger partial charge in [-0.2, -0.15) is 0 Å². The second kappa shape index (κ2) is 8.04. The van der Waals surface area contributed by atoms with Crippen LogP contribution in [0.2, 0.25) is 0 Å². The number of hydrogen-bond acceptors (Lipinski definition) is 3. The molecule has 0 radical (unpaired) electrons. The molecule has 4 nitrogen and oxygen atoms in total. The van der Waals surface area contributed by atoms with Gasteiger partial charge in [0, 0.05) is 18.9 Å². The van der Waals surface area contributed by atoms with E-state index in [4.69, 9.17) is 4.74 Å². The first-order valence-electron chi connectivity index (χ1n) is 7.12. The van der Waals surface area contributed by atoms with Gasteiger partial charge in [0.05, 0.1) is 13.2 Å². The number of aromatic nitrogens is 1. The summed E-state index contributed by atoms with van der Waals surface area (Å²) >= 11 is 0. The number of amidine groups is 1. The van der Waals surface area contributed by atoms with Crippen molar-refractivity contribution >= 4 is 6.02 Å². The Morgan fingerprint density at radius 3 is 2.67 bits per heavy atom. The summed E-state index contributed by atoms with van der Waals surface area (Å²) in [5.41, 5.74) is 2.37. The van der Waals surface area contributed by atoms with Crippen molar-refractivity contribution in [1.29, 1.82) is 0 Å². The molecule has 0 fully saturated rings. The predicted octanol–water partition coefficient (Wildman–Crippen LogP) is 2.98. The molecule has 0 bridgehead atoms. The van der Waals surface area contributed by atoms with E-state index in [-0.39, 0.29) is 6.04 Å². The van der Waals surface area contributed by atoms with Crippen molar-refractivity contribution in [1.82, 2.24) is 10.3 Å². The average molecular weight is 283 g/mol. The molecule has 0 spiro atoms. The Morgan fingerprint density at radius 1 is 1.24 bits per heavy atom. The van der Waals surface area contributed by atoms with Crippen LogP contribution in [0, 0.1) is 0 Å². The molecule has 0 aliphatic carbocycles. The Balaban J connectivity index is 2.20. The first kappa shape index (κ1) is 15.0. The zero-order valence-electron chi connectivity index (χ0n) is 12.5. The van der Waals surface area contributed by atoms with Crippen LogP contribution >= 0.6 is 0 Å². The molecule has 0 aliphatic heterocycles. The van der Waals surface area contributed by atoms with Gasteiger partial charge in [-0.15, -0.1) is 0 Å². The second-order valence-corrected chi connectivity index (χ2v) is 4.66. The van der Waals surface area contributed by atoms with E-state index >= 15 is 0 Å². The minimum Gasteiger partial charge on any atom is -0.469 e. The number of methoxy groups -OCH3 is 1. The first-order valence-corrected chi connectivity index (χ1v) is 7.12. The van der Waals surface area contributed by atoms with Crippen molar-refractivity contribution < 1.29 is 4.74 Å². The molecule has 0 saturated heterocycles. The molecule has 1 heterocycles. The number of nitrogens with one attached hydrogen (secondary N) is 1. The van der Waals surface area contributed by atoms with Crippen LogP contribution in [-0.2, 0) is 11.2 Å². The highest BCUT2D eigenvalue weighted by atomic mass is 16.5. The van der Waals surface area contributed by atoms with E-state index in [1.807, 2.05) is 37.4 Å². The maximum Gasteiger partial charge on any atom is 0.284 e. The lowest BCUT2D eigenvalue weighted by atomic mass is 10.00. The van der Waals surface area contributed by atoms with Crippen LogP contribution in [0.1, 0.15) is 24.1 Å². The summed E-state index contributed by atoms with van der Waals surface area (Å²) in [5.74, 6) is 0. The fraction of sp³-hybridized carbons (Fsp3) is 0.294. The third-order valence-electron chi connectivity index (χ3n) is 3.16. The largest absolute Gasteiger partial charge is 0.469 e. The van der Waals surface area contributed by atoms with E-state index in [0.29, 0.717) is 12.6 Å². The van der Waals surface area contributed by atoms with Crippen LogP contribution in [0.3, 0.4) is 0 Å². The average Bonchev–Trinajstić information content (AvgIpc) is 2.55. The topological polar surface area (TPSA) is 46.5 Å². The summed E-state index contributed by atoms with van der Waals surface area (Å²) < 4.78 is 5.30. The highest BCUT2D eigenvalue weighted by Crippen LogP contribution is 2.18. The standard InChI is InChI=1S/C17H21N3O/c1-3-19-17(21-2)20-16(15-9-5-4-6-10-15)12-14-8-7-11-18-13-14/h4-11,13,16H,3,12H2,1-2H3,(H,19,20). The Kier molecular flexibility index (Phi) is 5.76. The lowest BCUT2D eigenvalue weighted by Gasteiger charge is -2.20. The van der Waals surface area contributed by atoms with Crippen molar-refractivity contribution in [2.45, 2.75) is 19.4 Å². The van der Waals surface area contributed by atoms with Crippen LogP contribution in [0.4, 0.5) is 0 Å². The molecule has 1 unspecified atom stereocenters. The summed E-state index contributed by atoms with van der Waals surface area (Å²) in [6, 6.07) is 15.0. The van der Waals surface area contributed by atoms with Crippen molar-refractivity contribution in [3.05, 3.63) is 66.0 Å². The molecule has 0 amide bonds. The summed E-state index contributed by atoms with van der Waals surface area (Å²) in [4.78, 5) is 8.50. The van der Waals surface area contributed by atoms with E-state index in [9.17, 15) is 0 Å². The van der Waals surface area contributed by atoms with E-state index in [1.54, 1.807) is 13.3 Å². The molecule has 110 valence electrons. The van der Waals surface area contributed by atoms with Gasteiger partial charge in [-0.1, -0.05) is 36.4 Å². The molecule has 0 aliphatic rings. The van der Waals surface area contributed by atoms with Gasteiger partial charge >= 0.3 is 0 Å². The van der Waals surface area contributed by atoms with Crippen LogP contribution in [0.15, 0.2) is 59.9 Å². The molecule has 21 heavy (non-hydrogen) atoms. The lowest BCUT2D eigenvalue weighted by Crippen LogP contribution is -2.31. The Morgan fingerprint density at radius 2 is 2.05 bits per heavy atom. The van der Waals surface area contributed by atoms with Crippen molar-refractivity contribution in [2.75, 3.05) is 13.7 Å². The molecule has 1 aromatic carbocycles. The highest BCUT2D eigenvalue weighted by Gasteiger charge is 2.14. The Bertz CT molecular complexity index is 555. The van der Waals surface area contributed by atoms with Gasteiger partial charge in [-0.05, 0) is 30.5 Å². The third-order valence-corrected chi connectivity index (χ3v) is 3.16. The number of pyridine rings is 1. The fourth-order valence-corrected chi connectivity index (χ4v) is 2.15. The van der Waals surface area contributed by atoms with Gasteiger partial charge in [-0.25, -0.2) is 4.99 Å². The van der Waals surface area contributed by atoms with E-state index < -0.39 is 0 Å². The number of ether oxygens (including phenoxy) is 1.